The molecule has 16 heavy (non-hydrogen) atoms. The van der Waals surface area contributed by atoms with Gasteiger partial charge in [-0.3, -0.25) is 9.78 Å². The van der Waals surface area contributed by atoms with Crippen LogP contribution >= 0.6 is 0 Å². The van der Waals surface area contributed by atoms with Gasteiger partial charge in [-0.05, 0) is 18.9 Å². The van der Waals surface area contributed by atoms with Gasteiger partial charge in [0, 0.05) is 11.8 Å². The van der Waals surface area contributed by atoms with E-state index in [9.17, 15) is 14.3 Å². The van der Waals surface area contributed by atoms with E-state index in [-0.39, 0.29) is 5.56 Å². The summed E-state index contributed by atoms with van der Waals surface area (Å²) in [5.41, 5.74) is -1.15. The Balaban J connectivity index is 2.24. The predicted octanol–water partition coefficient (Wildman–Crippen LogP) is 2.10. The van der Waals surface area contributed by atoms with Crippen LogP contribution in [0.3, 0.4) is 0 Å². The van der Waals surface area contributed by atoms with E-state index in [1.807, 2.05) is 0 Å². The van der Waals surface area contributed by atoms with E-state index in [0.717, 1.165) is 31.5 Å². The maximum atomic E-state index is 12.9. The molecule has 1 aromatic heterocycles. The Bertz CT molecular complexity index is 400. The average molecular weight is 223 g/mol. The summed E-state index contributed by atoms with van der Waals surface area (Å²) >= 11 is 0. The largest absolute Gasteiger partial charge is 0.382 e. The number of ketones is 1. The van der Waals surface area contributed by atoms with Crippen LogP contribution in [-0.4, -0.2) is 21.5 Å². The van der Waals surface area contributed by atoms with Crippen molar-refractivity contribution in [3.8, 4) is 0 Å². The Hall–Kier alpha value is -1.29. The van der Waals surface area contributed by atoms with Gasteiger partial charge in [-0.25, -0.2) is 4.39 Å². The van der Waals surface area contributed by atoms with Crippen LogP contribution in [0.1, 0.15) is 42.5 Å². The molecule has 0 unspecified atom stereocenters. The third-order valence-electron chi connectivity index (χ3n) is 3.07. The van der Waals surface area contributed by atoms with Crippen LogP contribution in [0, 0.1) is 5.82 Å². The summed E-state index contributed by atoms with van der Waals surface area (Å²) < 4.78 is 12.9. The average Bonchev–Trinajstić information content (AvgIpc) is 2.29. The zero-order valence-electron chi connectivity index (χ0n) is 8.95. The van der Waals surface area contributed by atoms with Crippen molar-refractivity contribution in [2.24, 2.45) is 0 Å². The van der Waals surface area contributed by atoms with Crippen molar-refractivity contribution in [3.63, 3.8) is 0 Å². The normalized spacial score (nSPS) is 19.4. The number of aromatic nitrogens is 1. The zero-order chi connectivity index (χ0) is 11.6. The van der Waals surface area contributed by atoms with Crippen molar-refractivity contribution in [1.29, 1.82) is 0 Å². The number of carbonyl (C=O) groups is 1. The standard InChI is InChI=1S/C12H14FNO2/c13-10-6-9(7-14-8-10)11(15)12(16)4-2-1-3-5-12/h6-8,16H,1-5H2. The lowest BCUT2D eigenvalue weighted by molar-refractivity contribution is 0.0116. The molecule has 0 radical (unpaired) electrons. The minimum Gasteiger partial charge on any atom is -0.382 e. The van der Waals surface area contributed by atoms with Gasteiger partial charge in [0.1, 0.15) is 11.4 Å². The fourth-order valence-electron chi connectivity index (χ4n) is 2.17. The highest BCUT2D eigenvalue weighted by atomic mass is 19.1. The topological polar surface area (TPSA) is 50.2 Å². The minimum atomic E-state index is -1.31. The molecule has 0 amide bonds. The minimum absolute atomic E-state index is 0.157. The fourth-order valence-corrected chi connectivity index (χ4v) is 2.17. The lowest BCUT2D eigenvalue weighted by atomic mass is 9.80. The zero-order valence-corrected chi connectivity index (χ0v) is 8.95. The van der Waals surface area contributed by atoms with E-state index in [1.165, 1.54) is 6.20 Å². The quantitative estimate of drug-likeness (QED) is 0.781. The molecule has 0 spiro atoms. The molecule has 1 aromatic rings. The first-order valence-corrected chi connectivity index (χ1v) is 5.49. The molecule has 0 atom stereocenters. The van der Waals surface area contributed by atoms with Crippen LogP contribution in [0.5, 0.6) is 0 Å². The van der Waals surface area contributed by atoms with E-state index in [0.29, 0.717) is 12.8 Å². The molecule has 1 aliphatic carbocycles. The molecule has 86 valence electrons. The van der Waals surface area contributed by atoms with Crippen molar-refractivity contribution in [2.75, 3.05) is 0 Å². The van der Waals surface area contributed by atoms with Gasteiger partial charge >= 0.3 is 0 Å². The summed E-state index contributed by atoms with van der Waals surface area (Å²) in [6, 6.07) is 1.13. The highest BCUT2D eigenvalue weighted by Crippen LogP contribution is 2.31. The number of nitrogens with zero attached hydrogens (tertiary/aromatic N) is 1. The van der Waals surface area contributed by atoms with Crippen molar-refractivity contribution in [3.05, 3.63) is 29.8 Å². The Morgan fingerprint density at radius 3 is 2.62 bits per heavy atom. The van der Waals surface area contributed by atoms with Crippen molar-refractivity contribution < 1.29 is 14.3 Å². The third-order valence-corrected chi connectivity index (χ3v) is 3.07. The number of halogens is 1. The molecule has 0 bridgehead atoms. The van der Waals surface area contributed by atoms with Gasteiger partial charge in [0.2, 0.25) is 0 Å². The summed E-state index contributed by atoms with van der Waals surface area (Å²) in [4.78, 5) is 15.6. The highest BCUT2D eigenvalue weighted by molar-refractivity contribution is 6.02. The molecule has 1 saturated carbocycles. The molecular weight excluding hydrogens is 209 g/mol. The summed E-state index contributed by atoms with van der Waals surface area (Å²) in [6.45, 7) is 0. The Kier molecular flexibility index (Phi) is 3.01. The summed E-state index contributed by atoms with van der Waals surface area (Å²) in [5.74, 6) is -0.954. The second-order valence-corrected chi connectivity index (χ2v) is 4.31. The first-order chi connectivity index (χ1) is 7.62. The fraction of sp³-hybridized carbons (Fsp3) is 0.500. The SMILES string of the molecule is O=C(c1cncc(F)c1)C1(O)CCCCC1. The Morgan fingerprint density at radius 2 is 2.00 bits per heavy atom. The molecule has 1 fully saturated rings. The van der Waals surface area contributed by atoms with E-state index in [2.05, 4.69) is 4.98 Å². The Morgan fingerprint density at radius 1 is 1.31 bits per heavy atom. The Labute approximate surface area is 93.3 Å². The first-order valence-electron chi connectivity index (χ1n) is 5.49. The first kappa shape index (κ1) is 11.2. The summed E-state index contributed by atoms with van der Waals surface area (Å²) in [7, 11) is 0. The second-order valence-electron chi connectivity index (χ2n) is 4.31. The van der Waals surface area contributed by atoms with Crippen LogP contribution in [-0.2, 0) is 0 Å². The predicted molar refractivity (Wildman–Crippen MR) is 56.6 cm³/mol. The summed E-state index contributed by atoms with van der Waals surface area (Å²) in [6.07, 6.45) is 5.98. The van der Waals surface area contributed by atoms with E-state index in [4.69, 9.17) is 0 Å². The summed E-state index contributed by atoms with van der Waals surface area (Å²) in [5, 5.41) is 10.2. The molecule has 3 nitrogen and oxygen atoms in total. The molecule has 0 aromatic carbocycles. The number of Topliss-reactive ketones (excluding diaryl/α,β-unsaturated/α-hetero) is 1. The maximum absolute atomic E-state index is 12.9. The van der Waals surface area contributed by atoms with Gasteiger partial charge < -0.3 is 5.11 Å². The van der Waals surface area contributed by atoms with Gasteiger partial charge in [0.05, 0.1) is 6.20 Å². The van der Waals surface area contributed by atoms with Crippen LogP contribution in [0.15, 0.2) is 18.5 Å². The molecule has 0 saturated heterocycles. The monoisotopic (exact) mass is 223 g/mol. The lowest BCUT2D eigenvalue weighted by Gasteiger charge is -2.30. The van der Waals surface area contributed by atoms with E-state index < -0.39 is 17.2 Å². The molecule has 1 N–H and O–H groups in total. The van der Waals surface area contributed by atoms with Gasteiger partial charge in [-0.15, -0.1) is 0 Å². The molecular formula is C12H14FNO2. The molecule has 1 heterocycles. The smallest absolute Gasteiger partial charge is 0.195 e. The molecule has 4 heteroatoms. The number of rotatable bonds is 2. The van der Waals surface area contributed by atoms with Crippen molar-refractivity contribution in [2.45, 2.75) is 37.7 Å². The number of carbonyl (C=O) groups excluding carboxylic acids is 1. The molecule has 2 rings (SSSR count). The van der Waals surface area contributed by atoms with Gasteiger partial charge in [-0.2, -0.15) is 0 Å². The van der Waals surface area contributed by atoms with Gasteiger partial charge in [-0.1, -0.05) is 19.3 Å². The van der Waals surface area contributed by atoms with Crippen molar-refractivity contribution in [1.82, 2.24) is 4.98 Å². The number of pyridine rings is 1. The van der Waals surface area contributed by atoms with Crippen LogP contribution in [0.2, 0.25) is 0 Å². The van der Waals surface area contributed by atoms with Gasteiger partial charge in [0.25, 0.3) is 0 Å². The highest BCUT2D eigenvalue weighted by Gasteiger charge is 2.37. The molecule has 1 aliphatic rings. The number of hydrogen-bond donors (Lipinski definition) is 1. The van der Waals surface area contributed by atoms with Crippen LogP contribution in [0.4, 0.5) is 4.39 Å². The van der Waals surface area contributed by atoms with Crippen LogP contribution < -0.4 is 0 Å². The van der Waals surface area contributed by atoms with Crippen LogP contribution in [0.25, 0.3) is 0 Å². The van der Waals surface area contributed by atoms with Crippen molar-refractivity contribution >= 4 is 5.78 Å². The maximum Gasteiger partial charge on any atom is 0.195 e. The van der Waals surface area contributed by atoms with E-state index >= 15 is 0 Å². The lowest BCUT2D eigenvalue weighted by Crippen LogP contribution is -2.40. The second kappa shape index (κ2) is 4.29. The van der Waals surface area contributed by atoms with Gasteiger partial charge in [0.15, 0.2) is 5.78 Å². The number of aliphatic hydroxyl groups is 1. The van der Waals surface area contributed by atoms with E-state index in [1.54, 1.807) is 0 Å². The number of hydrogen-bond acceptors (Lipinski definition) is 3. The third kappa shape index (κ3) is 2.11. The molecule has 0 aliphatic heterocycles.